The molecule has 0 bridgehead atoms. The van der Waals surface area contributed by atoms with Gasteiger partial charge < -0.3 is 9.15 Å². The van der Waals surface area contributed by atoms with Crippen molar-refractivity contribution in [3.05, 3.63) is 59.9 Å². The fourth-order valence-electron chi connectivity index (χ4n) is 2.46. The van der Waals surface area contributed by atoms with Gasteiger partial charge in [-0.3, -0.25) is 0 Å². The van der Waals surface area contributed by atoms with Crippen molar-refractivity contribution in [2.45, 2.75) is 18.7 Å². The number of furan rings is 1. The van der Waals surface area contributed by atoms with Crippen LogP contribution >= 0.6 is 0 Å². The highest BCUT2D eigenvalue weighted by molar-refractivity contribution is 7.89. The molecule has 2 heterocycles. The number of nitrogens with one attached hydrogen (secondary N) is 1. The molecule has 0 unspecified atom stereocenters. The summed E-state index contributed by atoms with van der Waals surface area (Å²) in [7, 11) is -3.58. The van der Waals surface area contributed by atoms with Crippen LogP contribution < -0.4 is 9.46 Å². The molecule has 0 spiro atoms. The summed E-state index contributed by atoms with van der Waals surface area (Å²) in [6.07, 6.45) is 1.56. The fourth-order valence-corrected chi connectivity index (χ4v) is 3.70. The van der Waals surface area contributed by atoms with Gasteiger partial charge in [0.05, 0.1) is 11.2 Å². The maximum atomic E-state index is 12.3. The van der Waals surface area contributed by atoms with Crippen molar-refractivity contribution in [2.24, 2.45) is 0 Å². The van der Waals surface area contributed by atoms with Crippen molar-refractivity contribution in [2.75, 3.05) is 13.2 Å². The molecule has 0 radical (unpaired) electrons. The van der Waals surface area contributed by atoms with Gasteiger partial charge in [-0.25, -0.2) is 13.1 Å². The first-order valence-corrected chi connectivity index (χ1v) is 9.51. The molecule has 0 amide bonds. The Morgan fingerprint density at radius 3 is 2.62 bits per heavy atom. The number of nitrogens with zero attached hydrogens (tertiary/aromatic N) is 2. The number of ether oxygens (including phenoxy) is 1. The summed E-state index contributed by atoms with van der Waals surface area (Å²) in [5.74, 6) is 0.927. The van der Waals surface area contributed by atoms with E-state index in [1.807, 2.05) is 13.0 Å². The van der Waals surface area contributed by atoms with Crippen LogP contribution in [0.2, 0.25) is 0 Å². The molecule has 0 saturated heterocycles. The molecule has 0 aliphatic carbocycles. The molecule has 1 N–H and O–H groups in total. The fraction of sp³-hybridized carbons (Fsp3) is 0.222. The van der Waals surface area contributed by atoms with Gasteiger partial charge in [-0.05, 0) is 43.7 Å². The van der Waals surface area contributed by atoms with E-state index in [-0.39, 0.29) is 18.0 Å². The molecule has 0 aliphatic rings. The summed E-state index contributed by atoms with van der Waals surface area (Å²) < 4.78 is 37.9. The van der Waals surface area contributed by atoms with E-state index < -0.39 is 10.0 Å². The highest BCUT2D eigenvalue weighted by Gasteiger charge is 2.16. The molecule has 0 saturated carbocycles. The summed E-state index contributed by atoms with van der Waals surface area (Å²) in [5.41, 5.74) is 2.32. The van der Waals surface area contributed by atoms with E-state index in [1.165, 1.54) is 0 Å². The van der Waals surface area contributed by atoms with Gasteiger partial charge in [0.15, 0.2) is 5.76 Å². The molecule has 26 heavy (non-hydrogen) atoms. The highest BCUT2D eigenvalue weighted by Crippen LogP contribution is 2.18. The van der Waals surface area contributed by atoms with Crippen LogP contribution in [0.5, 0.6) is 5.88 Å². The molecule has 3 aromatic rings. The third kappa shape index (κ3) is 4.27. The van der Waals surface area contributed by atoms with Crippen LogP contribution in [-0.4, -0.2) is 31.8 Å². The lowest BCUT2D eigenvalue weighted by atomic mass is 10.2. The number of rotatable bonds is 7. The molecule has 0 aliphatic heterocycles. The molecule has 3 rings (SSSR count). The second-order valence-corrected chi connectivity index (χ2v) is 7.48. The topological polar surface area (TPSA) is 94.3 Å². The number of aryl methyl sites for hydroxylation is 2. The SMILES string of the molecule is Cc1ccc(S(=O)(=O)NCCOc2ccc(-c3ccco3)nn2)c(C)c1. The van der Waals surface area contributed by atoms with Crippen LogP contribution in [0, 0.1) is 13.8 Å². The predicted molar refractivity (Wildman–Crippen MR) is 96.3 cm³/mol. The Balaban J connectivity index is 1.53. The van der Waals surface area contributed by atoms with Crippen LogP contribution in [0.25, 0.3) is 11.5 Å². The zero-order valence-corrected chi connectivity index (χ0v) is 15.3. The minimum absolute atomic E-state index is 0.122. The normalized spacial score (nSPS) is 11.5. The smallest absolute Gasteiger partial charge is 0.240 e. The molecular weight excluding hydrogens is 354 g/mol. The second-order valence-electron chi connectivity index (χ2n) is 5.75. The van der Waals surface area contributed by atoms with Gasteiger partial charge >= 0.3 is 0 Å². The average Bonchev–Trinajstić information content (AvgIpc) is 3.13. The van der Waals surface area contributed by atoms with Gasteiger partial charge in [0.1, 0.15) is 12.3 Å². The van der Waals surface area contributed by atoms with Crippen molar-refractivity contribution in [1.82, 2.24) is 14.9 Å². The van der Waals surface area contributed by atoms with E-state index in [0.29, 0.717) is 22.9 Å². The maximum absolute atomic E-state index is 12.3. The van der Waals surface area contributed by atoms with Gasteiger partial charge in [0.2, 0.25) is 15.9 Å². The lowest BCUT2D eigenvalue weighted by molar-refractivity contribution is 0.307. The summed E-state index contributed by atoms with van der Waals surface area (Å²) in [6.45, 7) is 3.95. The van der Waals surface area contributed by atoms with E-state index in [1.54, 1.807) is 49.6 Å². The van der Waals surface area contributed by atoms with Gasteiger partial charge in [0.25, 0.3) is 0 Å². The van der Waals surface area contributed by atoms with Crippen molar-refractivity contribution < 1.29 is 17.6 Å². The van der Waals surface area contributed by atoms with E-state index in [9.17, 15) is 8.42 Å². The van der Waals surface area contributed by atoms with Crippen molar-refractivity contribution in [3.8, 4) is 17.3 Å². The quantitative estimate of drug-likeness (QED) is 0.640. The van der Waals surface area contributed by atoms with E-state index in [2.05, 4.69) is 14.9 Å². The molecule has 8 heteroatoms. The van der Waals surface area contributed by atoms with Crippen molar-refractivity contribution >= 4 is 10.0 Å². The minimum atomic E-state index is -3.58. The number of aromatic nitrogens is 2. The van der Waals surface area contributed by atoms with Crippen LogP contribution in [0.1, 0.15) is 11.1 Å². The summed E-state index contributed by atoms with van der Waals surface area (Å²) in [5, 5.41) is 7.95. The van der Waals surface area contributed by atoms with E-state index >= 15 is 0 Å². The Bertz CT molecular complexity index is 968. The summed E-state index contributed by atoms with van der Waals surface area (Å²) in [6, 6.07) is 12.1. The van der Waals surface area contributed by atoms with Gasteiger partial charge in [-0.1, -0.05) is 17.7 Å². The van der Waals surface area contributed by atoms with Gasteiger partial charge in [-0.15, -0.1) is 10.2 Å². The number of sulfonamides is 1. The molecule has 0 fully saturated rings. The van der Waals surface area contributed by atoms with Crippen molar-refractivity contribution in [3.63, 3.8) is 0 Å². The highest BCUT2D eigenvalue weighted by atomic mass is 32.2. The average molecular weight is 373 g/mol. The molecular formula is C18H19N3O4S. The molecule has 7 nitrogen and oxygen atoms in total. The monoisotopic (exact) mass is 373 g/mol. The first kappa shape index (κ1) is 18.1. The third-order valence-electron chi connectivity index (χ3n) is 3.68. The molecule has 0 atom stereocenters. The molecule has 1 aromatic carbocycles. The zero-order valence-electron chi connectivity index (χ0n) is 14.5. The largest absolute Gasteiger partial charge is 0.475 e. The third-order valence-corrected chi connectivity index (χ3v) is 5.30. The number of hydrogen-bond donors (Lipinski definition) is 1. The van der Waals surface area contributed by atoms with Gasteiger partial charge in [0, 0.05) is 12.6 Å². The van der Waals surface area contributed by atoms with E-state index in [4.69, 9.17) is 9.15 Å². The van der Waals surface area contributed by atoms with Crippen molar-refractivity contribution in [1.29, 1.82) is 0 Å². The maximum Gasteiger partial charge on any atom is 0.240 e. The molecule has 136 valence electrons. The Morgan fingerprint density at radius 2 is 1.96 bits per heavy atom. The van der Waals surface area contributed by atoms with Crippen LogP contribution in [0.3, 0.4) is 0 Å². The number of benzene rings is 1. The first-order valence-electron chi connectivity index (χ1n) is 8.03. The summed E-state index contributed by atoms with van der Waals surface area (Å²) in [4.78, 5) is 0.269. The summed E-state index contributed by atoms with van der Waals surface area (Å²) >= 11 is 0. The second kappa shape index (κ2) is 7.67. The first-order chi connectivity index (χ1) is 12.5. The Kier molecular flexibility index (Phi) is 5.34. The van der Waals surface area contributed by atoms with E-state index in [0.717, 1.165) is 5.56 Å². The Labute approximate surface area is 152 Å². The standard InChI is InChI=1S/C18H19N3O4S/c1-13-5-7-17(14(2)12-13)26(22,23)19-9-11-25-18-8-6-15(20-21-18)16-4-3-10-24-16/h3-8,10,12,19H,9,11H2,1-2H3. The van der Waals surface area contributed by atoms with Crippen LogP contribution in [0.15, 0.2) is 58.0 Å². The number of hydrogen-bond acceptors (Lipinski definition) is 6. The molecule has 2 aromatic heterocycles. The minimum Gasteiger partial charge on any atom is -0.475 e. The van der Waals surface area contributed by atoms with Crippen LogP contribution in [0.4, 0.5) is 0 Å². The van der Waals surface area contributed by atoms with Gasteiger partial charge in [-0.2, -0.15) is 0 Å². The lowest BCUT2D eigenvalue weighted by Crippen LogP contribution is -2.29. The Hall–Kier alpha value is -2.71. The Morgan fingerprint density at radius 1 is 1.12 bits per heavy atom. The zero-order chi connectivity index (χ0) is 18.6. The predicted octanol–water partition coefficient (Wildman–Crippen LogP) is 2.71. The lowest BCUT2D eigenvalue weighted by Gasteiger charge is -2.10. The van der Waals surface area contributed by atoms with Crippen LogP contribution in [-0.2, 0) is 10.0 Å².